The van der Waals surface area contributed by atoms with Gasteiger partial charge in [0, 0.05) is 10.3 Å². The van der Waals surface area contributed by atoms with Crippen LogP contribution >= 0.6 is 11.3 Å². The first-order chi connectivity index (χ1) is 5.65. The first kappa shape index (κ1) is 9.24. The number of rotatable bonds is 2. The van der Waals surface area contributed by atoms with Crippen molar-refractivity contribution < 1.29 is 5.11 Å². The Hall–Kier alpha value is -0.850. The van der Waals surface area contributed by atoms with Crippen molar-refractivity contribution in [2.45, 2.75) is 20.0 Å². The number of nitrogens with zero attached hydrogens (tertiary/aromatic N) is 1. The summed E-state index contributed by atoms with van der Waals surface area (Å²) in [6, 6.07) is 3.79. The lowest BCUT2D eigenvalue weighted by Crippen LogP contribution is -2.02. The lowest BCUT2D eigenvalue weighted by atomic mass is 10.1. The van der Waals surface area contributed by atoms with Gasteiger partial charge in [0.25, 0.3) is 0 Å². The smallest absolute Gasteiger partial charge is 0.100 e. The van der Waals surface area contributed by atoms with E-state index in [1.807, 2.05) is 19.9 Å². The van der Waals surface area contributed by atoms with Gasteiger partial charge in [-0.3, -0.25) is 0 Å². The second-order valence-corrected chi connectivity index (χ2v) is 3.98. The first-order valence-electron chi connectivity index (χ1n) is 3.81. The fourth-order valence-electron chi connectivity index (χ4n) is 0.895. The molecule has 12 heavy (non-hydrogen) atoms. The summed E-state index contributed by atoms with van der Waals surface area (Å²) < 4.78 is 0. The van der Waals surface area contributed by atoms with E-state index < -0.39 is 6.10 Å². The molecule has 0 fully saturated rings. The van der Waals surface area contributed by atoms with Crippen LogP contribution in [0.3, 0.4) is 0 Å². The molecule has 0 radical (unpaired) electrons. The summed E-state index contributed by atoms with van der Waals surface area (Å²) in [6.07, 6.45) is -0.433. The predicted molar refractivity (Wildman–Crippen MR) is 48.8 cm³/mol. The summed E-state index contributed by atoms with van der Waals surface area (Å²) in [7, 11) is 0. The molecule has 0 aliphatic carbocycles. The second-order valence-electron chi connectivity index (χ2n) is 3.04. The lowest BCUT2D eigenvalue weighted by Gasteiger charge is -2.11. The Morgan fingerprint density at radius 1 is 1.58 bits per heavy atom. The van der Waals surface area contributed by atoms with Gasteiger partial charge in [-0.15, -0.1) is 11.3 Å². The molecule has 64 valence electrons. The van der Waals surface area contributed by atoms with E-state index in [2.05, 4.69) is 0 Å². The van der Waals surface area contributed by atoms with Crippen molar-refractivity contribution in [1.82, 2.24) is 0 Å². The number of hydrogen-bond donors (Lipinski definition) is 1. The summed E-state index contributed by atoms with van der Waals surface area (Å²) in [4.78, 5) is 0.876. The molecule has 1 N–H and O–H groups in total. The van der Waals surface area contributed by atoms with Crippen LogP contribution in [-0.2, 0) is 0 Å². The summed E-state index contributed by atoms with van der Waals surface area (Å²) in [5.41, 5.74) is 0.634. The van der Waals surface area contributed by atoms with E-state index in [0.29, 0.717) is 5.56 Å². The largest absolute Gasteiger partial charge is 0.387 e. The number of aliphatic hydroxyl groups excluding tert-OH is 1. The van der Waals surface area contributed by atoms with Crippen LogP contribution in [0.5, 0.6) is 0 Å². The monoisotopic (exact) mass is 181 g/mol. The van der Waals surface area contributed by atoms with Crippen molar-refractivity contribution in [3.8, 4) is 6.07 Å². The average Bonchev–Trinajstić information content (AvgIpc) is 2.50. The summed E-state index contributed by atoms with van der Waals surface area (Å²) >= 11 is 1.44. The van der Waals surface area contributed by atoms with Crippen molar-refractivity contribution in [3.05, 3.63) is 21.9 Å². The summed E-state index contributed by atoms with van der Waals surface area (Å²) in [5, 5.41) is 19.9. The van der Waals surface area contributed by atoms with Crippen LogP contribution in [0.15, 0.2) is 11.4 Å². The minimum atomic E-state index is -0.433. The Balaban J connectivity index is 2.83. The van der Waals surface area contributed by atoms with Gasteiger partial charge >= 0.3 is 0 Å². The predicted octanol–water partition coefficient (Wildman–Crippen LogP) is 2.31. The molecule has 0 spiro atoms. The molecule has 0 saturated heterocycles. The molecule has 1 aromatic rings. The quantitative estimate of drug-likeness (QED) is 0.760. The molecule has 1 heterocycles. The van der Waals surface area contributed by atoms with Crippen molar-refractivity contribution >= 4 is 11.3 Å². The Morgan fingerprint density at radius 3 is 2.67 bits per heavy atom. The SMILES string of the molecule is CC(C)C(O)c1cc(C#N)cs1. The Bertz CT molecular complexity index is 298. The van der Waals surface area contributed by atoms with Crippen LogP contribution in [0.25, 0.3) is 0 Å². The van der Waals surface area contributed by atoms with Gasteiger partial charge in [0.05, 0.1) is 11.7 Å². The molecule has 0 aromatic carbocycles. The van der Waals surface area contributed by atoms with E-state index in [9.17, 15) is 5.11 Å². The van der Waals surface area contributed by atoms with Crippen LogP contribution in [0.1, 0.15) is 30.4 Å². The minimum Gasteiger partial charge on any atom is -0.387 e. The van der Waals surface area contributed by atoms with Crippen LogP contribution in [0.4, 0.5) is 0 Å². The fourth-order valence-corrected chi connectivity index (χ4v) is 1.89. The molecule has 3 heteroatoms. The summed E-state index contributed by atoms with van der Waals surface area (Å²) in [5.74, 6) is 0.204. The first-order valence-corrected chi connectivity index (χ1v) is 4.69. The van der Waals surface area contributed by atoms with Crippen molar-refractivity contribution in [3.63, 3.8) is 0 Å². The third-order valence-electron chi connectivity index (χ3n) is 1.67. The zero-order valence-electron chi connectivity index (χ0n) is 7.11. The van der Waals surface area contributed by atoms with E-state index in [1.54, 1.807) is 11.4 Å². The van der Waals surface area contributed by atoms with E-state index in [0.717, 1.165) is 4.88 Å². The van der Waals surface area contributed by atoms with E-state index in [4.69, 9.17) is 5.26 Å². The molecular weight excluding hydrogens is 170 g/mol. The van der Waals surface area contributed by atoms with Crippen LogP contribution in [0.2, 0.25) is 0 Å². The van der Waals surface area contributed by atoms with Crippen LogP contribution in [0, 0.1) is 17.2 Å². The minimum absolute atomic E-state index is 0.204. The molecule has 1 aromatic heterocycles. The van der Waals surface area contributed by atoms with Crippen LogP contribution in [-0.4, -0.2) is 5.11 Å². The van der Waals surface area contributed by atoms with Crippen LogP contribution < -0.4 is 0 Å². The third-order valence-corrected chi connectivity index (χ3v) is 2.68. The molecule has 0 saturated carbocycles. The van der Waals surface area contributed by atoms with Gasteiger partial charge in [0.2, 0.25) is 0 Å². The maximum atomic E-state index is 9.61. The standard InChI is InChI=1S/C9H11NOS/c1-6(2)9(11)8-3-7(4-10)5-12-8/h3,5-6,9,11H,1-2H3. The van der Waals surface area contributed by atoms with Gasteiger partial charge in [-0.1, -0.05) is 13.8 Å². The van der Waals surface area contributed by atoms with Gasteiger partial charge in [-0.25, -0.2) is 0 Å². The maximum Gasteiger partial charge on any atom is 0.100 e. The lowest BCUT2D eigenvalue weighted by molar-refractivity contribution is 0.130. The molecule has 1 atom stereocenters. The third kappa shape index (κ3) is 1.84. The van der Waals surface area contributed by atoms with E-state index in [1.165, 1.54) is 11.3 Å². The molecule has 2 nitrogen and oxygen atoms in total. The van der Waals surface area contributed by atoms with E-state index >= 15 is 0 Å². The number of nitriles is 1. The summed E-state index contributed by atoms with van der Waals surface area (Å²) in [6.45, 7) is 3.91. The van der Waals surface area contributed by atoms with Crippen molar-refractivity contribution in [2.75, 3.05) is 0 Å². The van der Waals surface area contributed by atoms with Gasteiger partial charge in [0.1, 0.15) is 6.07 Å². The molecule has 1 rings (SSSR count). The molecule has 0 amide bonds. The van der Waals surface area contributed by atoms with Crippen molar-refractivity contribution in [2.24, 2.45) is 5.92 Å². The Labute approximate surface area is 76.1 Å². The zero-order chi connectivity index (χ0) is 9.14. The molecule has 0 bridgehead atoms. The van der Waals surface area contributed by atoms with Gasteiger partial charge in [-0.2, -0.15) is 5.26 Å². The maximum absolute atomic E-state index is 9.61. The highest BCUT2D eigenvalue weighted by atomic mass is 32.1. The molecular formula is C9H11NOS. The number of hydrogen-bond acceptors (Lipinski definition) is 3. The molecule has 0 aliphatic rings. The topological polar surface area (TPSA) is 44.0 Å². The molecule has 1 unspecified atom stereocenters. The van der Waals surface area contributed by atoms with Crippen molar-refractivity contribution in [1.29, 1.82) is 5.26 Å². The Kier molecular flexibility index (Phi) is 2.85. The van der Waals surface area contributed by atoms with Gasteiger partial charge in [-0.05, 0) is 12.0 Å². The van der Waals surface area contributed by atoms with Gasteiger partial charge < -0.3 is 5.11 Å². The fraction of sp³-hybridized carbons (Fsp3) is 0.444. The normalized spacial score (nSPS) is 12.9. The highest BCUT2D eigenvalue weighted by molar-refractivity contribution is 7.10. The molecule has 0 aliphatic heterocycles. The number of thiophene rings is 1. The second kappa shape index (κ2) is 3.70. The Morgan fingerprint density at radius 2 is 2.25 bits per heavy atom. The van der Waals surface area contributed by atoms with Gasteiger partial charge in [0.15, 0.2) is 0 Å². The highest BCUT2D eigenvalue weighted by Gasteiger charge is 2.13. The zero-order valence-corrected chi connectivity index (χ0v) is 7.93. The van der Waals surface area contributed by atoms with E-state index in [-0.39, 0.29) is 5.92 Å². The average molecular weight is 181 g/mol. The highest BCUT2D eigenvalue weighted by Crippen LogP contribution is 2.26. The number of aliphatic hydroxyl groups is 1.